The van der Waals surface area contributed by atoms with E-state index in [-0.39, 0.29) is 24.1 Å². The van der Waals surface area contributed by atoms with Gasteiger partial charge in [-0.1, -0.05) is 30.3 Å². The minimum Gasteiger partial charge on any atom is -0.489 e. The van der Waals surface area contributed by atoms with E-state index in [1.165, 1.54) is 12.3 Å². The number of carbonyl (C=O) groups excluding carboxylic acids is 1. The van der Waals surface area contributed by atoms with Gasteiger partial charge in [-0.3, -0.25) is 4.79 Å². The van der Waals surface area contributed by atoms with Crippen LogP contribution in [0.25, 0.3) is 0 Å². The van der Waals surface area contributed by atoms with Crippen LogP contribution in [-0.2, 0) is 13.2 Å². The second-order valence-corrected chi connectivity index (χ2v) is 5.64. The molecule has 0 saturated carbocycles. The Morgan fingerprint density at radius 2 is 1.96 bits per heavy atom. The van der Waals surface area contributed by atoms with Gasteiger partial charge in [0, 0.05) is 12.1 Å². The van der Waals surface area contributed by atoms with E-state index in [0.717, 1.165) is 11.3 Å². The van der Waals surface area contributed by atoms with Crippen LogP contribution in [0.4, 0.5) is 4.39 Å². The van der Waals surface area contributed by atoms with Crippen molar-refractivity contribution in [3.05, 3.63) is 89.1 Å². The number of para-hydroxylation sites is 1. The van der Waals surface area contributed by atoms with E-state index in [9.17, 15) is 9.18 Å². The van der Waals surface area contributed by atoms with Crippen LogP contribution in [0.15, 0.2) is 65.3 Å². The van der Waals surface area contributed by atoms with E-state index < -0.39 is 0 Å². The van der Waals surface area contributed by atoms with Crippen LogP contribution in [-0.4, -0.2) is 5.91 Å². The van der Waals surface area contributed by atoms with Gasteiger partial charge in [-0.15, -0.1) is 0 Å². The van der Waals surface area contributed by atoms with Gasteiger partial charge in [0.1, 0.15) is 18.2 Å². The molecule has 0 saturated heterocycles. The van der Waals surface area contributed by atoms with Crippen LogP contribution in [0.1, 0.15) is 27.2 Å². The molecule has 25 heavy (non-hydrogen) atoms. The normalized spacial score (nSPS) is 10.5. The van der Waals surface area contributed by atoms with Crippen molar-refractivity contribution in [2.45, 2.75) is 20.1 Å². The lowest BCUT2D eigenvalue weighted by Crippen LogP contribution is -2.23. The molecule has 0 atom stereocenters. The summed E-state index contributed by atoms with van der Waals surface area (Å²) in [4.78, 5) is 12.3. The van der Waals surface area contributed by atoms with Gasteiger partial charge in [-0.2, -0.15) is 0 Å². The summed E-state index contributed by atoms with van der Waals surface area (Å²) in [6.07, 6.45) is 1.46. The van der Waals surface area contributed by atoms with Crippen LogP contribution in [0.2, 0.25) is 0 Å². The zero-order chi connectivity index (χ0) is 17.6. The van der Waals surface area contributed by atoms with Crippen molar-refractivity contribution in [3.63, 3.8) is 0 Å². The summed E-state index contributed by atoms with van der Waals surface area (Å²) in [5.41, 5.74) is 2.03. The van der Waals surface area contributed by atoms with Gasteiger partial charge in [-0.25, -0.2) is 4.39 Å². The van der Waals surface area contributed by atoms with E-state index >= 15 is 0 Å². The Balaban J connectivity index is 1.61. The minimum atomic E-state index is -0.335. The maximum absolute atomic E-state index is 13.3. The van der Waals surface area contributed by atoms with Crippen molar-refractivity contribution in [3.8, 4) is 5.75 Å². The van der Waals surface area contributed by atoms with Gasteiger partial charge in [0.25, 0.3) is 5.91 Å². The highest BCUT2D eigenvalue weighted by atomic mass is 19.1. The standard InChI is InChI=1S/C20H18FNO3/c1-14-11-15(7-8-18(14)21)12-22-20(23)19-16(9-10-24-19)13-25-17-5-3-2-4-6-17/h2-11H,12-13H2,1H3,(H,22,23). The van der Waals surface area contributed by atoms with Gasteiger partial charge < -0.3 is 14.5 Å². The molecular weight excluding hydrogens is 321 g/mol. The summed E-state index contributed by atoms with van der Waals surface area (Å²) in [7, 11) is 0. The quantitative estimate of drug-likeness (QED) is 0.731. The van der Waals surface area contributed by atoms with Gasteiger partial charge in [-0.05, 0) is 42.3 Å². The number of ether oxygens (including phenoxy) is 1. The smallest absolute Gasteiger partial charge is 0.287 e. The molecule has 2 aromatic carbocycles. The number of halogens is 1. The molecule has 128 valence electrons. The van der Waals surface area contributed by atoms with Crippen LogP contribution in [0, 0.1) is 12.7 Å². The van der Waals surface area contributed by atoms with E-state index in [1.54, 1.807) is 25.1 Å². The summed E-state index contributed by atoms with van der Waals surface area (Å²) < 4.78 is 24.2. The van der Waals surface area contributed by atoms with Gasteiger partial charge in [0.15, 0.2) is 5.76 Å². The number of rotatable bonds is 6. The molecule has 1 amide bonds. The van der Waals surface area contributed by atoms with Crippen LogP contribution >= 0.6 is 0 Å². The first-order valence-electron chi connectivity index (χ1n) is 7.91. The Bertz CT molecular complexity index is 858. The molecule has 0 aliphatic heterocycles. The van der Waals surface area contributed by atoms with Crippen molar-refractivity contribution < 1.29 is 18.3 Å². The van der Waals surface area contributed by atoms with Crippen LogP contribution < -0.4 is 10.1 Å². The zero-order valence-electron chi connectivity index (χ0n) is 13.8. The Morgan fingerprint density at radius 1 is 1.16 bits per heavy atom. The lowest BCUT2D eigenvalue weighted by atomic mass is 10.1. The predicted octanol–water partition coefficient (Wildman–Crippen LogP) is 4.24. The minimum absolute atomic E-state index is 0.217. The maximum Gasteiger partial charge on any atom is 0.287 e. The molecule has 1 aromatic heterocycles. The fraction of sp³-hybridized carbons (Fsp3) is 0.150. The summed E-state index contributed by atoms with van der Waals surface area (Å²) in [5.74, 6) is 0.340. The summed E-state index contributed by atoms with van der Waals surface area (Å²) in [6, 6.07) is 15.8. The summed E-state index contributed by atoms with van der Waals surface area (Å²) >= 11 is 0. The molecule has 5 heteroatoms. The Morgan fingerprint density at radius 3 is 2.72 bits per heavy atom. The molecule has 0 spiro atoms. The largest absolute Gasteiger partial charge is 0.489 e. The molecule has 4 nitrogen and oxygen atoms in total. The fourth-order valence-corrected chi connectivity index (χ4v) is 2.41. The monoisotopic (exact) mass is 339 g/mol. The number of nitrogens with one attached hydrogen (secondary N) is 1. The van der Waals surface area contributed by atoms with Gasteiger partial charge in [0.2, 0.25) is 0 Å². The number of benzene rings is 2. The van der Waals surface area contributed by atoms with Crippen molar-refractivity contribution >= 4 is 5.91 Å². The Kier molecular flexibility index (Phi) is 5.14. The van der Waals surface area contributed by atoms with Crippen molar-refractivity contribution in [1.82, 2.24) is 5.32 Å². The molecule has 0 aliphatic carbocycles. The molecule has 0 bridgehead atoms. The van der Waals surface area contributed by atoms with Crippen LogP contribution in [0.5, 0.6) is 5.75 Å². The van der Waals surface area contributed by atoms with Crippen molar-refractivity contribution in [1.29, 1.82) is 0 Å². The number of hydrogen-bond donors (Lipinski definition) is 1. The fourth-order valence-electron chi connectivity index (χ4n) is 2.41. The van der Waals surface area contributed by atoms with Crippen molar-refractivity contribution in [2.75, 3.05) is 0 Å². The first-order valence-corrected chi connectivity index (χ1v) is 7.91. The second-order valence-electron chi connectivity index (χ2n) is 5.64. The van der Waals surface area contributed by atoms with Crippen LogP contribution in [0.3, 0.4) is 0 Å². The van der Waals surface area contributed by atoms with Gasteiger partial charge in [0.05, 0.1) is 6.26 Å². The van der Waals surface area contributed by atoms with Gasteiger partial charge >= 0.3 is 0 Å². The number of aryl methyl sites for hydroxylation is 1. The lowest BCUT2D eigenvalue weighted by Gasteiger charge is -2.08. The molecule has 0 fully saturated rings. The molecule has 1 N–H and O–H groups in total. The first-order chi connectivity index (χ1) is 12.1. The first kappa shape index (κ1) is 16.8. The van der Waals surface area contributed by atoms with E-state index in [2.05, 4.69) is 5.32 Å². The average Bonchev–Trinajstić information content (AvgIpc) is 3.10. The zero-order valence-corrected chi connectivity index (χ0v) is 13.8. The number of furan rings is 1. The highest BCUT2D eigenvalue weighted by molar-refractivity contribution is 5.92. The number of carbonyl (C=O) groups is 1. The third kappa shape index (κ3) is 4.26. The molecular formula is C20H18FNO3. The SMILES string of the molecule is Cc1cc(CNC(=O)c2occc2COc2ccccc2)ccc1F. The van der Waals surface area contributed by atoms with E-state index in [4.69, 9.17) is 9.15 Å². The average molecular weight is 339 g/mol. The Hall–Kier alpha value is -3.08. The summed E-state index contributed by atoms with van der Waals surface area (Å²) in [5, 5.41) is 2.78. The third-order valence-corrected chi connectivity index (χ3v) is 3.77. The number of amides is 1. The predicted molar refractivity (Wildman–Crippen MR) is 91.8 cm³/mol. The highest BCUT2D eigenvalue weighted by Gasteiger charge is 2.15. The Labute approximate surface area is 145 Å². The molecule has 3 aromatic rings. The number of hydrogen-bond acceptors (Lipinski definition) is 3. The third-order valence-electron chi connectivity index (χ3n) is 3.77. The van der Waals surface area contributed by atoms with E-state index in [0.29, 0.717) is 17.7 Å². The second kappa shape index (κ2) is 7.66. The maximum atomic E-state index is 13.3. The molecule has 0 radical (unpaired) electrons. The highest BCUT2D eigenvalue weighted by Crippen LogP contribution is 2.16. The van der Waals surface area contributed by atoms with E-state index in [1.807, 2.05) is 30.3 Å². The molecule has 0 aliphatic rings. The summed E-state index contributed by atoms with van der Waals surface area (Å²) in [6.45, 7) is 2.21. The molecule has 0 unspecified atom stereocenters. The topological polar surface area (TPSA) is 51.5 Å². The van der Waals surface area contributed by atoms with Crippen molar-refractivity contribution in [2.24, 2.45) is 0 Å². The molecule has 1 heterocycles. The molecule has 3 rings (SSSR count). The lowest BCUT2D eigenvalue weighted by molar-refractivity contribution is 0.0919.